The first-order valence-electron chi connectivity index (χ1n) is 3.89. The summed E-state index contributed by atoms with van der Waals surface area (Å²) in [7, 11) is 1.19. The summed E-state index contributed by atoms with van der Waals surface area (Å²) >= 11 is 2.69. The number of carboxylic acid groups (broad SMARTS) is 1. The fraction of sp³-hybridized carbons (Fsp3) is 0.222. The molecule has 0 radical (unpaired) electrons. The van der Waals surface area contributed by atoms with E-state index in [1.165, 1.54) is 7.11 Å². The van der Waals surface area contributed by atoms with Crippen molar-refractivity contribution in [3.8, 4) is 5.75 Å². The van der Waals surface area contributed by atoms with Gasteiger partial charge in [-0.1, -0.05) is 0 Å². The number of aliphatic carboxylic acids is 1. The van der Waals surface area contributed by atoms with Crippen LogP contribution < -0.4 is 4.74 Å². The number of methoxy groups -OCH3 is 1. The van der Waals surface area contributed by atoms with Crippen LogP contribution in [0.25, 0.3) is 0 Å². The van der Waals surface area contributed by atoms with Gasteiger partial charge >= 0.3 is 5.97 Å². The fourth-order valence-electron chi connectivity index (χ4n) is 1.14. The minimum absolute atomic E-state index is 0.0387. The first-order chi connectivity index (χ1) is 6.97. The van der Waals surface area contributed by atoms with Gasteiger partial charge in [0.25, 0.3) is 0 Å². The number of carboxylic acids is 1. The van der Waals surface area contributed by atoms with Gasteiger partial charge in [0.05, 0.1) is 18.0 Å². The molecule has 0 aliphatic heterocycles. The zero-order valence-electron chi connectivity index (χ0n) is 7.68. The number of ether oxygens (including phenoxy) is 1. The first kappa shape index (κ1) is 11.9. The molecule has 0 heterocycles. The molecule has 0 amide bonds. The molecule has 1 aromatic carbocycles. The van der Waals surface area contributed by atoms with Crippen molar-refractivity contribution in [1.82, 2.24) is 0 Å². The van der Waals surface area contributed by atoms with Crippen LogP contribution in [0.1, 0.15) is 5.56 Å². The van der Waals surface area contributed by atoms with Crippen LogP contribution >= 0.6 is 15.9 Å². The number of halogens is 3. The molecule has 0 aromatic heterocycles. The molecule has 0 unspecified atom stereocenters. The van der Waals surface area contributed by atoms with Gasteiger partial charge < -0.3 is 9.84 Å². The molecular formula is C9H7BrF2O3. The minimum Gasteiger partial charge on any atom is -0.493 e. The van der Waals surface area contributed by atoms with Crippen molar-refractivity contribution in [1.29, 1.82) is 0 Å². The molecule has 15 heavy (non-hydrogen) atoms. The summed E-state index contributed by atoms with van der Waals surface area (Å²) < 4.78 is 30.8. The van der Waals surface area contributed by atoms with Crippen molar-refractivity contribution >= 4 is 21.9 Å². The van der Waals surface area contributed by atoms with Crippen LogP contribution in [0.5, 0.6) is 5.75 Å². The maximum Gasteiger partial charge on any atom is 0.307 e. The van der Waals surface area contributed by atoms with E-state index in [9.17, 15) is 13.6 Å². The third-order valence-corrected chi connectivity index (χ3v) is 2.47. The molecule has 0 fully saturated rings. The van der Waals surface area contributed by atoms with E-state index in [4.69, 9.17) is 5.11 Å². The van der Waals surface area contributed by atoms with Crippen LogP contribution in [0.3, 0.4) is 0 Å². The molecule has 0 bridgehead atoms. The van der Waals surface area contributed by atoms with Crippen LogP contribution in [-0.2, 0) is 11.2 Å². The molecule has 0 aliphatic rings. The average molecular weight is 281 g/mol. The Kier molecular flexibility index (Phi) is 3.62. The summed E-state index contributed by atoms with van der Waals surface area (Å²) in [5.41, 5.74) is -0.0387. The van der Waals surface area contributed by atoms with Gasteiger partial charge in [-0.05, 0) is 22.0 Å². The molecule has 82 valence electrons. The van der Waals surface area contributed by atoms with Gasteiger partial charge in [-0.25, -0.2) is 8.78 Å². The van der Waals surface area contributed by atoms with E-state index < -0.39 is 24.0 Å². The number of benzene rings is 1. The number of carbonyl (C=O) groups is 1. The van der Waals surface area contributed by atoms with Gasteiger partial charge in [0.15, 0.2) is 11.6 Å². The van der Waals surface area contributed by atoms with Gasteiger partial charge in [-0.2, -0.15) is 0 Å². The quantitative estimate of drug-likeness (QED) is 0.865. The zero-order chi connectivity index (χ0) is 11.6. The largest absolute Gasteiger partial charge is 0.493 e. The Morgan fingerprint density at radius 2 is 2.20 bits per heavy atom. The summed E-state index contributed by atoms with van der Waals surface area (Å²) in [5.74, 6) is -3.24. The fourth-order valence-corrected chi connectivity index (χ4v) is 1.44. The van der Waals surface area contributed by atoms with Crippen LogP contribution in [0.2, 0.25) is 0 Å². The Hall–Kier alpha value is -1.17. The van der Waals surface area contributed by atoms with Crippen LogP contribution in [0, 0.1) is 11.6 Å². The molecule has 6 heteroatoms. The SMILES string of the molecule is COc1c(CC(=O)O)cc(F)c(Br)c1F. The molecule has 0 atom stereocenters. The molecule has 0 saturated heterocycles. The Labute approximate surface area is 92.8 Å². The Morgan fingerprint density at radius 3 is 2.67 bits per heavy atom. The highest BCUT2D eigenvalue weighted by atomic mass is 79.9. The van der Waals surface area contributed by atoms with Gasteiger partial charge in [0.1, 0.15) is 5.82 Å². The monoisotopic (exact) mass is 280 g/mol. The summed E-state index contributed by atoms with van der Waals surface area (Å²) in [6.45, 7) is 0. The molecule has 1 aromatic rings. The molecule has 0 saturated carbocycles. The third-order valence-electron chi connectivity index (χ3n) is 1.74. The molecule has 1 rings (SSSR count). The lowest BCUT2D eigenvalue weighted by molar-refractivity contribution is -0.136. The van der Waals surface area contributed by atoms with Crippen molar-refractivity contribution in [3.63, 3.8) is 0 Å². The Balaban J connectivity index is 3.31. The minimum atomic E-state index is -1.19. The predicted octanol–water partition coefficient (Wildman–Crippen LogP) is 2.36. The zero-order valence-corrected chi connectivity index (χ0v) is 9.27. The lowest BCUT2D eigenvalue weighted by Crippen LogP contribution is -2.05. The Morgan fingerprint density at radius 1 is 1.60 bits per heavy atom. The third kappa shape index (κ3) is 2.44. The smallest absolute Gasteiger partial charge is 0.307 e. The summed E-state index contributed by atoms with van der Waals surface area (Å²) in [6.07, 6.45) is -0.496. The molecular weight excluding hydrogens is 274 g/mol. The maximum atomic E-state index is 13.4. The highest BCUT2D eigenvalue weighted by molar-refractivity contribution is 9.10. The van der Waals surface area contributed by atoms with Crippen molar-refractivity contribution in [2.75, 3.05) is 7.11 Å². The first-order valence-corrected chi connectivity index (χ1v) is 4.68. The van der Waals surface area contributed by atoms with Gasteiger partial charge in [-0.15, -0.1) is 0 Å². The number of hydrogen-bond acceptors (Lipinski definition) is 2. The molecule has 0 aliphatic carbocycles. The second kappa shape index (κ2) is 4.57. The predicted molar refractivity (Wildman–Crippen MR) is 51.9 cm³/mol. The van der Waals surface area contributed by atoms with E-state index in [1.807, 2.05) is 0 Å². The highest BCUT2D eigenvalue weighted by Gasteiger charge is 2.18. The second-order valence-electron chi connectivity index (χ2n) is 2.75. The molecule has 0 spiro atoms. The maximum absolute atomic E-state index is 13.4. The van der Waals surface area contributed by atoms with Crippen molar-refractivity contribution in [3.05, 3.63) is 27.7 Å². The highest BCUT2D eigenvalue weighted by Crippen LogP contribution is 2.31. The van der Waals surface area contributed by atoms with Crippen LogP contribution in [0.4, 0.5) is 8.78 Å². The Bertz CT molecular complexity index is 407. The summed E-state index contributed by atoms with van der Waals surface area (Å²) in [6, 6.07) is 0.931. The van der Waals surface area contributed by atoms with Crippen LogP contribution in [-0.4, -0.2) is 18.2 Å². The van der Waals surface area contributed by atoms with Crippen molar-refractivity contribution < 1.29 is 23.4 Å². The van der Waals surface area contributed by atoms with Gasteiger partial charge in [0.2, 0.25) is 0 Å². The number of hydrogen-bond donors (Lipinski definition) is 1. The van der Waals surface area contributed by atoms with Crippen molar-refractivity contribution in [2.45, 2.75) is 6.42 Å². The van der Waals surface area contributed by atoms with E-state index in [0.29, 0.717) is 0 Å². The lowest BCUT2D eigenvalue weighted by Gasteiger charge is -2.09. The topological polar surface area (TPSA) is 46.5 Å². The molecule has 3 nitrogen and oxygen atoms in total. The van der Waals surface area contributed by atoms with E-state index in [1.54, 1.807) is 0 Å². The standard InChI is InChI=1S/C9H7BrF2O3/c1-15-9-4(3-6(13)14)2-5(11)7(10)8(9)12/h2H,3H2,1H3,(H,13,14). The second-order valence-corrected chi connectivity index (χ2v) is 3.54. The van der Waals surface area contributed by atoms with E-state index in [0.717, 1.165) is 6.07 Å². The van der Waals surface area contributed by atoms with E-state index in [-0.39, 0.29) is 15.8 Å². The van der Waals surface area contributed by atoms with Crippen molar-refractivity contribution in [2.24, 2.45) is 0 Å². The van der Waals surface area contributed by atoms with Crippen LogP contribution in [0.15, 0.2) is 10.5 Å². The summed E-state index contributed by atoms with van der Waals surface area (Å²) in [4.78, 5) is 10.4. The number of rotatable bonds is 3. The summed E-state index contributed by atoms with van der Waals surface area (Å²) in [5, 5.41) is 8.53. The van der Waals surface area contributed by atoms with Gasteiger partial charge in [0, 0.05) is 5.56 Å². The average Bonchev–Trinajstić information content (AvgIpc) is 2.14. The van der Waals surface area contributed by atoms with E-state index in [2.05, 4.69) is 20.7 Å². The van der Waals surface area contributed by atoms with Gasteiger partial charge in [-0.3, -0.25) is 4.79 Å². The van der Waals surface area contributed by atoms with E-state index >= 15 is 0 Å². The lowest BCUT2D eigenvalue weighted by atomic mass is 10.1. The normalized spacial score (nSPS) is 10.1. The molecule has 1 N–H and O–H groups in total.